The van der Waals surface area contributed by atoms with Gasteiger partial charge in [0.1, 0.15) is 5.01 Å². The van der Waals surface area contributed by atoms with Crippen LogP contribution < -0.4 is 0 Å². The molecule has 1 fully saturated rings. The average molecular weight is 351 g/mol. The first kappa shape index (κ1) is 16.7. The highest BCUT2D eigenvalue weighted by Gasteiger charge is 2.21. The fourth-order valence-corrected chi connectivity index (χ4v) is 4.60. The van der Waals surface area contributed by atoms with E-state index in [0.29, 0.717) is 5.75 Å². The Balaban J connectivity index is 1.68. The highest BCUT2D eigenvalue weighted by Crippen LogP contribution is 2.25. The van der Waals surface area contributed by atoms with Crippen LogP contribution in [0.5, 0.6) is 0 Å². The number of carbonyl (C=O) groups excluding carboxylic acids is 1. The zero-order chi connectivity index (χ0) is 16.4. The lowest BCUT2D eigenvalue weighted by molar-refractivity contribution is 0.0957. The molecule has 1 aliphatic heterocycles. The second-order valence-electron chi connectivity index (χ2n) is 5.83. The largest absolute Gasteiger partial charge is 0.376 e. The molecule has 0 amide bonds. The Morgan fingerprint density at radius 1 is 1.43 bits per heavy atom. The van der Waals surface area contributed by atoms with Gasteiger partial charge in [0.05, 0.1) is 11.9 Å². The number of Topliss-reactive ketones (excluding diaryl/α,β-unsaturated/α-hetero) is 1. The van der Waals surface area contributed by atoms with Gasteiger partial charge in [0.25, 0.3) is 0 Å². The zero-order valence-electron chi connectivity index (χ0n) is 13.7. The number of hydrogen-bond donors (Lipinski definition) is 0. The molecule has 3 heterocycles. The Labute approximate surface area is 144 Å². The van der Waals surface area contributed by atoms with Gasteiger partial charge < -0.3 is 9.30 Å². The number of ether oxygens (including phenoxy) is 1. The topological polar surface area (TPSA) is 57.0 Å². The van der Waals surface area contributed by atoms with Crippen LogP contribution in [0.3, 0.4) is 0 Å². The highest BCUT2D eigenvalue weighted by molar-refractivity contribution is 8.01. The van der Waals surface area contributed by atoms with E-state index in [1.807, 2.05) is 19.9 Å². The van der Waals surface area contributed by atoms with Crippen molar-refractivity contribution in [3.63, 3.8) is 0 Å². The predicted octanol–water partition coefficient (Wildman–Crippen LogP) is 3.42. The summed E-state index contributed by atoms with van der Waals surface area (Å²) in [5, 5.41) is 8.96. The van der Waals surface area contributed by atoms with Crippen molar-refractivity contribution < 1.29 is 9.53 Å². The van der Waals surface area contributed by atoms with Gasteiger partial charge in [-0.2, -0.15) is 0 Å². The Kier molecular flexibility index (Phi) is 5.18. The summed E-state index contributed by atoms with van der Waals surface area (Å²) in [6, 6.07) is 2.00. The van der Waals surface area contributed by atoms with E-state index in [4.69, 9.17) is 4.74 Å². The molecule has 0 aromatic carbocycles. The number of carbonyl (C=O) groups is 1. The number of ketones is 1. The van der Waals surface area contributed by atoms with E-state index in [2.05, 4.69) is 21.7 Å². The number of aryl methyl sites for hydroxylation is 2. The number of nitrogens with zero attached hydrogens (tertiary/aromatic N) is 3. The van der Waals surface area contributed by atoms with Crippen LogP contribution >= 0.6 is 23.1 Å². The summed E-state index contributed by atoms with van der Waals surface area (Å²) in [5.74, 6) is 0.549. The van der Waals surface area contributed by atoms with Crippen LogP contribution in [0, 0.1) is 20.8 Å². The lowest BCUT2D eigenvalue weighted by atomic mass is 10.2. The molecule has 1 aliphatic rings. The maximum absolute atomic E-state index is 12.5. The predicted molar refractivity (Wildman–Crippen MR) is 92.6 cm³/mol. The SMILES string of the molecule is Cc1nnc(SCC(=O)c2cc(C)n(CC3CCCO3)c2C)s1. The molecule has 0 bridgehead atoms. The summed E-state index contributed by atoms with van der Waals surface area (Å²) in [5.41, 5.74) is 2.98. The first-order valence-corrected chi connectivity index (χ1v) is 9.59. The molecule has 2 aromatic rings. The van der Waals surface area contributed by atoms with E-state index in [-0.39, 0.29) is 11.9 Å². The van der Waals surface area contributed by atoms with Gasteiger partial charge in [-0.3, -0.25) is 4.79 Å². The molecule has 124 valence electrons. The number of rotatable bonds is 6. The van der Waals surface area contributed by atoms with Crippen LogP contribution in [0.15, 0.2) is 10.4 Å². The molecule has 0 saturated carbocycles. The third-order valence-electron chi connectivity index (χ3n) is 4.12. The van der Waals surface area contributed by atoms with Crippen molar-refractivity contribution in [2.45, 2.75) is 50.6 Å². The van der Waals surface area contributed by atoms with Gasteiger partial charge in [-0.05, 0) is 39.7 Å². The Hall–Kier alpha value is -1.18. The van der Waals surface area contributed by atoms with Crippen LogP contribution in [0.4, 0.5) is 0 Å². The smallest absolute Gasteiger partial charge is 0.174 e. The Morgan fingerprint density at radius 2 is 2.26 bits per heavy atom. The highest BCUT2D eigenvalue weighted by atomic mass is 32.2. The Morgan fingerprint density at radius 3 is 2.91 bits per heavy atom. The summed E-state index contributed by atoms with van der Waals surface area (Å²) < 4.78 is 8.78. The molecule has 0 N–H and O–H groups in total. The van der Waals surface area contributed by atoms with Crippen molar-refractivity contribution in [1.29, 1.82) is 0 Å². The minimum atomic E-state index is 0.148. The molecule has 7 heteroatoms. The number of hydrogen-bond acceptors (Lipinski definition) is 6. The summed E-state index contributed by atoms with van der Waals surface area (Å²) in [4.78, 5) is 12.5. The van der Waals surface area contributed by atoms with E-state index < -0.39 is 0 Å². The van der Waals surface area contributed by atoms with E-state index in [1.165, 1.54) is 23.1 Å². The van der Waals surface area contributed by atoms with Gasteiger partial charge >= 0.3 is 0 Å². The third kappa shape index (κ3) is 3.84. The van der Waals surface area contributed by atoms with Gasteiger partial charge in [-0.25, -0.2) is 0 Å². The number of aromatic nitrogens is 3. The lowest BCUT2D eigenvalue weighted by Gasteiger charge is -2.14. The third-order valence-corrected chi connectivity index (χ3v) is 6.09. The normalized spacial score (nSPS) is 17.8. The molecule has 1 atom stereocenters. The monoisotopic (exact) mass is 351 g/mol. The molecule has 0 spiro atoms. The molecule has 3 rings (SSSR count). The lowest BCUT2D eigenvalue weighted by Crippen LogP contribution is -2.17. The van der Waals surface area contributed by atoms with Crippen molar-refractivity contribution in [2.24, 2.45) is 0 Å². The van der Waals surface area contributed by atoms with Crippen molar-refractivity contribution in [1.82, 2.24) is 14.8 Å². The maximum atomic E-state index is 12.5. The molecule has 0 radical (unpaired) electrons. The first-order chi connectivity index (χ1) is 11.0. The molecule has 5 nitrogen and oxygen atoms in total. The minimum Gasteiger partial charge on any atom is -0.376 e. The fourth-order valence-electron chi connectivity index (χ4n) is 2.90. The zero-order valence-corrected chi connectivity index (χ0v) is 15.3. The molecular formula is C16H21N3O2S2. The molecular weight excluding hydrogens is 330 g/mol. The summed E-state index contributed by atoms with van der Waals surface area (Å²) >= 11 is 2.99. The first-order valence-electron chi connectivity index (χ1n) is 7.79. The van der Waals surface area contributed by atoms with Gasteiger partial charge in [0.2, 0.25) is 0 Å². The molecule has 1 saturated heterocycles. The summed E-state index contributed by atoms with van der Waals surface area (Å²) in [6.45, 7) is 7.69. The quantitative estimate of drug-likeness (QED) is 0.589. The van der Waals surface area contributed by atoms with E-state index in [1.54, 1.807) is 0 Å². The summed E-state index contributed by atoms with van der Waals surface area (Å²) in [7, 11) is 0. The van der Waals surface area contributed by atoms with Crippen LogP contribution in [0.1, 0.15) is 39.6 Å². The van der Waals surface area contributed by atoms with Gasteiger partial charge in [0, 0.05) is 30.1 Å². The van der Waals surface area contributed by atoms with Crippen LogP contribution in [-0.2, 0) is 11.3 Å². The van der Waals surface area contributed by atoms with Crippen molar-refractivity contribution in [3.05, 3.63) is 28.0 Å². The van der Waals surface area contributed by atoms with E-state index in [9.17, 15) is 4.79 Å². The van der Waals surface area contributed by atoms with Crippen LogP contribution in [-0.4, -0.2) is 39.0 Å². The molecule has 23 heavy (non-hydrogen) atoms. The van der Waals surface area contributed by atoms with Gasteiger partial charge in [0.15, 0.2) is 10.1 Å². The Bertz CT molecular complexity index is 702. The molecule has 2 aromatic heterocycles. The second-order valence-corrected chi connectivity index (χ2v) is 8.23. The van der Waals surface area contributed by atoms with Crippen molar-refractivity contribution >= 4 is 28.9 Å². The van der Waals surface area contributed by atoms with Crippen molar-refractivity contribution in [3.8, 4) is 0 Å². The van der Waals surface area contributed by atoms with Gasteiger partial charge in [-0.15, -0.1) is 10.2 Å². The molecule has 1 unspecified atom stereocenters. The fraction of sp³-hybridized carbons (Fsp3) is 0.562. The summed E-state index contributed by atoms with van der Waals surface area (Å²) in [6.07, 6.45) is 2.52. The molecule has 0 aliphatic carbocycles. The van der Waals surface area contributed by atoms with Gasteiger partial charge in [-0.1, -0.05) is 23.1 Å². The average Bonchev–Trinajstić information content (AvgIpc) is 3.23. The maximum Gasteiger partial charge on any atom is 0.174 e. The van der Waals surface area contributed by atoms with Crippen LogP contribution in [0.25, 0.3) is 0 Å². The van der Waals surface area contributed by atoms with E-state index in [0.717, 1.165) is 52.3 Å². The minimum absolute atomic E-state index is 0.148. The van der Waals surface area contributed by atoms with Crippen LogP contribution in [0.2, 0.25) is 0 Å². The van der Waals surface area contributed by atoms with E-state index >= 15 is 0 Å². The second kappa shape index (κ2) is 7.15. The number of thioether (sulfide) groups is 1. The standard InChI is InChI=1S/C16H21N3O2S2/c1-10-7-14(11(2)19(10)8-13-5-4-6-21-13)15(20)9-22-16-18-17-12(3)23-16/h7,13H,4-6,8-9H2,1-3H3. The van der Waals surface area contributed by atoms with Crippen molar-refractivity contribution in [2.75, 3.05) is 12.4 Å².